The maximum Gasteiger partial charge on any atom is 0.289 e. The van der Waals surface area contributed by atoms with E-state index in [1.165, 1.54) is 0 Å². The molecule has 1 saturated heterocycles. The summed E-state index contributed by atoms with van der Waals surface area (Å²) in [5.41, 5.74) is 5.56. The zero-order valence-electron chi connectivity index (χ0n) is 17.4. The summed E-state index contributed by atoms with van der Waals surface area (Å²) >= 11 is 0. The van der Waals surface area contributed by atoms with Gasteiger partial charge in [-0.3, -0.25) is 9.78 Å². The average Bonchev–Trinajstić information content (AvgIpc) is 3.44. The molecule has 31 heavy (non-hydrogen) atoms. The Labute approximate surface area is 180 Å². The third-order valence-electron chi connectivity index (χ3n) is 6.15. The van der Waals surface area contributed by atoms with Crippen LogP contribution in [0.5, 0.6) is 0 Å². The minimum absolute atomic E-state index is 0.0782. The minimum atomic E-state index is -0.0782. The number of aromatic nitrogens is 1. The number of piperazine rings is 1. The zero-order chi connectivity index (χ0) is 21.4. The van der Waals surface area contributed by atoms with Gasteiger partial charge in [0.25, 0.3) is 5.91 Å². The van der Waals surface area contributed by atoms with Crippen molar-refractivity contribution >= 4 is 11.6 Å². The van der Waals surface area contributed by atoms with E-state index in [0.29, 0.717) is 30.3 Å². The number of aryl methyl sites for hydroxylation is 1. The van der Waals surface area contributed by atoms with Crippen molar-refractivity contribution in [2.45, 2.75) is 12.8 Å². The van der Waals surface area contributed by atoms with Crippen LogP contribution in [0.3, 0.4) is 0 Å². The highest BCUT2D eigenvalue weighted by molar-refractivity contribution is 6.05. The standard InChI is InChI=1S/C24H24N4O3/c1-27-10-12-28(13-11-27)24(29)22-15-20(23(31-22)16-6-8-25-9-7-16)18-2-4-19-17(14-18)3-5-21(19)26-30/h2,4,6-9,14-15,30H,3,5,10-13H2,1H3. The first-order chi connectivity index (χ1) is 15.1. The zero-order valence-corrected chi connectivity index (χ0v) is 17.4. The molecule has 0 saturated carbocycles. The number of oxime groups is 1. The van der Waals surface area contributed by atoms with Crippen LogP contribution in [0.15, 0.2) is 58.4 Å². The molecule has 3 heterocycles. The third-order valence-corrected chi connectivity index (χ3v) is 6.15. The van der Waals surface area contributed by atoms with Crippen LogP contribution in [-0.2, 0) is 6.42 Å². The molecule has 158 valence electrons. The second-order valence-electron chi connectivity index (χ2n) is 8.10. The highest BCUT2D eigenvalue weighted by atomic mass is 16.4. The Bertz CT molecular complexity index is 1140. The molecule has 7 nitrogen and oxygen atoms in total. The van der Waals surface area contributed by atoms with E-state index in [4.69, 9.17) is 4.42 Å². The van der Waals surface area contributed by atoms with E-state index in [2.05, 4.69) is 28.2 Å². The van der Waals surface area contributed by atoms with Gasteiger partial charge in [-0.15, -0.1) is 0 Å². The molecule has 2 aromatic heterocycles. The fourth-order valence-corrected chi connectivity index (χ4v) is 4.34. The van der Waals surface area contributed by atoms with Gasteiger partial charge in [-0.05, 0) is 49.2 Å². The van der Waals surface area contributed by atoms with Crippen LogP contribution >= 0.6 is 0 Å². The van der Waals surface area contributed by atoms with E-state index in [9.17, 15) is 10.0 Å². The molecule has 0 unspecified atom stereocenters. The van der Waals surface area contributed by atoms with E-state index in [0.717, 1.165) is 53.7 Å². The second-order valence-corrected chi connectivity index (χ2v) is 8.10. The Morgan fingerprint density at radius 2 is 1.77 bits per heavy atom. The van der Waals surface area contributed by atoms with Crippen molar-refractivity contribution in [1.29, 1.82) is 0 Å². The van der Waals surface area contributed by atoms with Gasteiger partial charge in [0, 0.05) is 55.3 Å². The number of fused-ring (bicyclic) bond motifs is 1. The summed E-state index contributed by atoms with van der Waals surface area (Å²) in [5.74, 6) is 0.934. The van der Waals surface area contributed by atoms with Crippen molar-refractivity contribution in [1.82, 2.24) is 14.8 Å². The Hall–Kier alpha value is -3.45. The Kier molecular flexibility index (Phi) is 5.03. The van der Waals surface area contributed by atoms with Crippen molar-refractivity contribution in [3.05, 3.63) is 65.7 Å². The number of furan rings is 1. The number of amides is 1. The quantitative estimate of drug-likeness (QED) is 0.522. The van der Waals surface area contributed by atoms with Crippen molar-refractivity contribution in [3.8, 4) is 22.5 Å². The van der Waals surface area contributed by atoms with Crippen molar-refractivity contribution in [2.24, 2.45) is 5.16 Å². The van der Waals surface area contributed by atoms with E-state index < -0.39 is 0 Å². The van der Waals surface area contributed by atoms with Crippen molar-refractivity contribution < 1.29 is 14.4 Å². The van der Waals surface area contributed by atoms with Crippen LogP contribution in [0.1, 0.15) is 28.1 Å². The molecular formula is C24H24N4O3. The normalized spacial score (nSPS) is 17.8. The van der Waals surface area contributed by atoms with Gasteiger partial charge >= 0.3 is 0 Å². The second kappa shape index (κ2) is 8.00. The molecular weight excluding hydrogens is 392 g/mol. The fourth-order valence-electron chi connectivity index (χ4n) is 4.34. The number of carbonyl (C=O) groups excluding carboxylic acids is 1. The molecule has 7 heteroatoms. The number of hydrogen-bond acceptors (Lipinski definition) is 6. The maximum atomic E-state index is 13.2. The summed E-state index contributed by atoms with van der Waals surface area (Å²) in [6.07, 6.45) is 5.00. The molecule has 1 N–H and O–H groups in total. The molecule has 1 aromatic carbocycles. The predicted molar refractivity (Wildman–Crippen MR) is 117 cm³/mol. The smallest absolute Gasteiger partial charge is 0.289 e. The van der Waals surface area contributed by atoms with Gasteiger partial charge < -0.3 is 19.4 Å². The summed E-state index contributed by atoms with van der Waals surface area (Å²) in [5, 5.41) is 12.6. The molecule has 0 bridgehead atoms. The number of pyridine rings is 1. The number of nitrogens with zero attached hydrogens (tertiary/aromatic N) is 4. The Morgan fingerprint density at radius 3 is 2.52 bits per heavy atom. The molecule has 3 aromatic rings. The van der Waals surface area contributed by atoms with Gasteiger partial charge in [-0.1, -0.05) is 23.4 Å². The van der Waals surface area contributed by atoms with Crippen LogP contribution < -0.4 is 0 Å². The SMILES string of the molecule is CN1CCN(C(=O)c2cc(-c3ccc4c(c3)CCC4=NO)c(-c3ccncc3)o2)CC1. The number of likely N-dealkylation sites (N-methyl/N-ethyl adjacent to an activating group) is 1. The van der Waals surface area contributed by atoms with E-state index in [-0.39, 0.29) is 5.91 Å². The largest absolute Gasteiger partial charge is 0.450 e. The Morgan fingerprint density at radius 1 is 1.00 bits per heavy atom. The van der Waals surface area contributed by atoms with Crippen molar-refractivity contribution in [3.63, 3.8) is 0 Å². The first-order valence-electron chi connectivity index (χ1n) is 10.5. The van der Waals surface area contributed by atoms with Crippen LogP contribution in [0.2, 0.25) is 0 Å². The number of rotatable bonds is 3. The van der Waals surface area contributed by atoms with Crippen LogP contribution in [0, 0.1) is 0 Å². The Balaban J connectivity index is 1.56. The first-order valence-corrected chi connectivity index (χ1v) is 10.5. The van der Waals surface area contributed by atoms with Crippen LogP contribution in [0.4, 0.5) is 0 Å². The number of hydrogen-bond donors (Lipinski definition) is 1. The third kappa shape index (κ3) is 3.61. The molecule has 5 rings (SSSR count). The van der Waals surface area contributed by atoms with Gasteiger partial charge in [0.05, 0.1) is 5.71 Å². The summed E-state index contributed by atoms with van der Waals surface area (Å²) in [7, 11) is 2.06. The van der Waals surface area contributed by atoms with Gasteiger partial charge in [-0.2, -0.15) is 0 Å². The fraction of sp³-hybridized carbons (Fsp3) is 0.292. The first kappa shape index (κ1) is 19.5. The topological polar surface area (TPSA) is 82.2 Å². The van der Waals surface area contributed by atoms with Gasteiger partial charge in [0.1, 0.15) is 5.76 Å². The number of benzene rings is 1. The molecule has 1 aliphatic heterocycles. The molecule has 1 aliphatic carbocycles. The van der Waals surface area contributed by atoms with E-state index in [1.54, 1.807) is 12.4 Å². The molecule has 0 spiro atoms. The van der Waals surface area contributed by atoms with Crippen molar-refractivity contribution in [2.75, 3.05) is 33.2 Å². The lowest BCUT2D eigenvalue weighted by Gasteiger charge is -2.31. The van der Waals surface area contributed by atoms with E-state index in [1.807, 2.05) is 35.2 Å². The lowest BCUT2D eigenvalue weighted by atomic mass is 9.98. The summed E-state index contributed by atoms with van der Waals surface area (Å²) in [6, 6.07) is 11.7. The average molecular weight is 416 g/mol. The molecule has 1 amide bonds. The molecule has 2 aliphatic rings. The minimum Gasteiger partial charge on any atom is -0.450 e. The van der Waals surface area contributed by atoms with Gasteiger partial charge in [0.2, 0.25) is 0 Å². The monoisotopic (exact) mass is 416 g/mol. The lowest BCUT2D eigenvalue weighted by Crippen LogP contribution is -2.47. The molecule has 0 radical (unpaired) electrons. The molecule has 0 atom stereocenters. The highest BCUT2D eigenvalue weighted by Crippen LogP contribution is 2.37. The van der Waals surface area contributed by atoms with Gasteiger partial charge in [-0.25, -0.2) is 0 Å². The van der Waals surface area contributed by atoms with E-state index >= 15 is 0 Å². The lowest BCUT2D eigenvalue weighted by molar-refractivity contribution is 0.0633. The molecule has 1 fully saturated rings. The summed E-state index contributed by atoms with van der Waals surface area (Å²) in [4.78, 5) is 21.3. The van der Waals surface area contributed by atoms with Gasteiger partial charge in [0.15, 0.2) is 5.76 Å². The maximum absolute atomic E-state index is 13.2. The van der Waals surface area contributed by atoms with Crippen LogP contribution in [-0.4, -0.2) is 64.8 Å². The summed E-state index contributed by atoms with van der Waals surface area (Å²) < 4.78 is 6.16. The number of carbonyl (C=O) groups is 1. The summed E-state index contributed by atoms with van der Waals surface area (Å²) in [6.45, 7) is 3.10. The van der Waals surface area contributed by atoms with Crippen LogP contribution in [0.25, 0.3) is 22.5 Å². The highest BCUT2D eigenvalue weighted by Gasteiger charge is 2.26. The predicted octanol–water partition coefficient (Wildman–Crippen LogP) is 3.52.